The third-order valence-corrected chi connectivity index (χ3v) is 1.24. The molecule has 0 unspecified atom stereocenters. The number of ether oxygens (including phenoxy) is 1. The Hall–Kier alpha value is -1.06. The summed E-state index contributed by atoms with van der Waals surface area (Å²) in [6, 6.07) is 0. The van der Waals surface area contributed by atoms with Crippen LogP contribution in [0.5, 0.6) is 0 Å². The van der Waals surface area contributed by atoms with Crippen LogP contribution in [0.25, 0.3) is 0 Å². The van der Waals surface area contributed by atoms with Crippen molar-refractivity contribution < 1.29 is 14.3 Å². The van der Waals surface area contributed by atoms with E-state index in [2.05, 4.69) is 5.32 Å². The van der Waals surface area contributed by atoms with Crippen molar-refractivity contribution in [1.82, 2.24) is 5.32 Å². The summed E-state index contributed by atoms with van der Waals surface area (Å²) in [5, 5.41) is 2.60. The van der Waals surface area contributed by atoms with Crippen LogP contribution in [0.4, 0.5) is 0 Å². The minimum Gasteiger partial charge on any atom is -0.466 e. The minimum absolute atomic E-state index is 0.0705. The molecule has 4 nitrogen and oxygen atoms in total. The molecule has 0 radical (unpaired) electrons. The van der Waals surface area contributed by atoms with Crippen molar-refractivity contribution in [2.75, 3.05) is 13.2 Å². The Labute approximate surface area is 72.3 Å². The number of hydrogen-bond acceptors (Lipinski definition) is 3. The fourth-order valence-electron chi connectivity index (χ4n) is 0.730. The van der Waals surface area contributed by atoms with Gasteiger partial charge in [0.2, 0.25) is 5.91 Å². The lowest BCUT2D eigenvalue weighted by molar-refractivity contribution is -0.143. The number of rotatable bonds is 5. The molecule has 0 atom stereocenters. The van der Waals surface area contributed by atoms with Crippen molar-refractivity contribution in [3.63, 3.8) is 0 Å². The predicted molar refractivity (Wildman–Crippen MR) is 44.6 cm³/mol. The topological polar surface area (TPSA) is 55.4 Å². The highest BCUT2D eigenvalue weighted by Crippen LogP contribution is 1.90. The molecule has 0 aliphatic rings. The summed E-state index contributed by atoms with van der Waals surface area (Å²) in [5.74, 6) is -0.276. The fourth-order valence-corrected chi connectivity index (χ4v) is 0.730. The van der Waals surface area contributed by atoms with E-state index in [9.17, 15) is 9.59 Å². The third-order valence-electron chi connectivity index (χ3n) is 1.24. The van der Waals surface area contributed by atoms with Gasteiger partial charge in [0.1, 0.15) is 0 Å². The number of nitrogens with one attached hydrogen (secondary N) is 1. The van der Waals surface area contributed by atoms with Crippen LogP contribution in [0.2, 0.25) is 0 Å². The van der Waals surface area contributed by atoms with Gasteiger partial charge in [-0.05, 0) is 13.3 Å². The molecule has 0 saturated heterocycles. The van der Waals surface area contributed by atoms with Gasteiger partial charge in [-0.3, -0.25) is 9.59 Å². The van der Waals surface area contributed by atoms with Gasteiger partial charge in [-0.25, -0.2) is 0 Å². The van der Waals surface area contributed by atoms with Gasteiger partial charge in [-0.1, -0.05) is 0 Å². The maximum atomic E-state index is 10.8. The normalized spacial score (nSPS) is 9.17. The second kappa shape index (κ2) is 6.64. The van der Waals surface area contributed by atoms with Crippen LogP contribution < -0.4 is 5.32 Å². The van der Waals surface area contributed by atoms with Crippen LogP contribution in [-0.4, -0.2) is 25.0 Å². The second-order valence-electron chi connectivity index (χ2n) is 2.39. The quantitative estimate of drug-likeness (QED) is 0.485. The first-order chi connectivity index (χ1) is 5.66. The van der Waals surface area contributed by atoms with Gasteiger partial charge in [0.15, 0.2) is 0 Å². The van der Waals surface area contributed by atoms with Crippen LogP contribution in [0, 0.1) is 0 Å². The number of carbonyl (C=O) groups is 2. The number of esters is 1. The second-order valence-corrected chi connectivity index (χ2v) is 2.39. The molecular weight excluding hydrogens is 158 g/mol. The number of hydrogen-bond donors (Lipinski definition) is 1. The van der Waals surface area contributed by atoms with Gasteiger partial charge in [0.25, 0.3) is 0 Å². The van der Waals surface area contributed by atoms with Crippen LogP contribution in [-0.2, 0) is 14.3 Å². The van der Waals surface area contributed by atoms with Gasteiger partial charge in [-0.2, -0.15) is 0 Å². The Morgan fingerprint density at radius 2 is 2.08 bits per heavy atom. The van der Waals surface area contributed by atoms with Crippen molar-refractivity contribution in [3.8, 4) is 0 Å². The van der Waals surface area contributed by atoms with Crippen LogP contribution in [0.3, 0.4) is 0 Å². The molecule has 0 aliphatic heterocycles. The van der Waals surface area contributed by atoms with Crippen LogP contribution >= 0.6 is 0 Å². The Bertz CT molecular complexity index is 156. The maximum Gasteiger partial charge on any atom is 0.305 e. The highest BCUT2D eigenvalue weighted by Gasteiger charge is 2.00. The Morgan fingerprint density at radius 1 is 1.42 bits per heavy atom. The highest BCUT2D eigenvalue weighted by atomic mass is 16.5. The molecule has 12 heavy (non-hydrogen) atoms. The van der Waals surface area contributed by atoms with Gasteiger partial charge >= 0.3 is 5.97 Å². The van der Waals surface area contributed by atoms with Crippen molar-refractivity contribution in [2.24, 2.45) is 0 Å². The highest BCUT2D eigenvalue weighted by molar-refractivity contribution is 5.73. The lowest BCUT2D eigenvalue weighted by Gasteiger charge is -2.01. The molecule has 0 spiro atoms. The van der Waals surface area contributed by atoms with Crippen LogP contribution in [0.15, 0.2) is 0 Å². The summed E-state index contributed by atoms with van der Waals surface area (Å²) in [6.45, 7) is 4.17. The average Bonchev–Trinajstić information content (AvgIpc) is 1.98. The number of amides is 1. The van der Waals surface area contributed by atoms with Gasteiger partial charge in [-0.15, -0.1) is 0 Å². The van der Waals surface area contributed by atoms with E-state index in [-0.39, 0.29) is 11.9 Å². The molecule has 0 aromatic carbocycles. The van der Waals surface area contributed by atoms with E-state index in [0.717, 1.165) is 0 Å². The smallest absolute Gasteiger partial charge is 0.305 e. The molecule has 1 N–H and O–H groups in total. The van der Waals surface area contributed by atoms with Gasteiger partial charge in [0, 0.05) is 19.9 Å². The predicted octanol–water partition coefficient (Wildman–Crippen LogP) is 0.466. The summed E-state index contributed by atoms with van der Waals surface area (Å²) in [7, 11) is 0. The van der Waals surface area contributed by atoms with E-state index >= 15 is 0 Å². The van der Waals surface area contributed by atoms with E-state index in [0.29, 0.717) is 26.0 Å². The molecule has 0 aliphatic carbocycles. The molecule has 0 aromatic heterocycles. The SMILES string of the molecule is CCOC(=O)CCCNC(C)=O. The van der Waals surface area contributed by atoms with E-state index in [1.807, 2.05) is 0 Å². The molecule has 4 heteroatoms. The first-order valence-corrected chi connectivity index (χ1v) is 4.07. The van der Waals surface area contributed by atoms with Crippen molar-refractivity contribution in [2.45, 2.75) is 26.7 Å². The molecule has 0 aromatic rings. The van der Waals surface area contributed by atoms with E-state index in [1.54, 1.807) is 6.92 Å². The maximum absolute atomic E-state index is 10.8. The molecule has 0 rings (SSSR count). The summed E-state index contributed by atoms with van der Waals surface area (Å²) < 4.78 is 4.70. The molecule has 0 bridgehead atoms. The summed E-state index contributed by atoms with van der Waals surface area (Å²) >= 11 is 0. The van der Waals surface area contributed by atoms with Crippen LogP contribution in [0.1, 0.15) is 26.7 Å². The van der Waals surface area contributed by atoms with Crippen molar-refractivity contribution >= 4 is 11.9 Å². The lowest BCUT2D eigenvalue weighted by atomic mass is 10.3. The zero-order valence-corrected chi connectivity index (χ0v) is 7.55. The standard InChI is InChI=1S/C8H15NO3/c1-3-12-8(11)5-4-6-9-7(2)10/h3-6H2,1-2H3,(H,9,10). The lowest BCUT2D eigenvalue weighted by Crippen LogP contribution is -2.21. The van der Waals surface area contributed by atoms with Crippen molar-refractivity contribution in [3.05, 3.63) is 0 Å². The Kier molecular flexibility index (Phi) is 6.05. The van der Waals surface area contributed by atoms with E-state index < -0.39 is 0 Å². The first-order valence-electron chi connectivity index (χ1n) is 4.07. The van der Waals surface area contributed by atoms with E-state index in [4.69, 9.17) is 4.74 Å². The Balaban J connectivity index is 3.19. The molecule has 0 saturated carbocycles. The molecular formula is C8H15NO3. The molecule has 0 fully saturated rings. The zero-order valence-electron chi connectivity index (χ0n) is 7.55. The van der Waals surface area contributed by atoms with E-state index in [1.165, 1.54) is 6.92 Å². The fraction of sp³-hybridized carbons (Fsp3) is 0.750. The Morgan fingerprint density at radius 3 is 2.58 bits per heavy atom. The number of carbonyl (C=O) groups excluding carboxylic acids is 2. The third kappa shape index (κ3) is 7.05. The van der Waals surface area contributed by atoms with Gasteiger partial charge < -0.3 is 10.1 Å². The van der Waals surface area contributed by atoms with Crippen molar-refractivity contribution in [1.29, 1.82) is 0 Å². The summed E-state index contributed by atoms with van der Waals surface area (Å²) in [4.78, 5) is 21.1. The molecule has 0 heterocycles. The van der Waals surface area contributed by atoms with Gasteiger partial charge in [0.05, 0.1) is 6.61 Å². The first kappa shape index (κ1) is 10.9. The molecule has 70 valence electrons. The zero-order chi connectivity index (χ0) is 9.40. The monoisotopic (exact) mass is 173 g/mol. The average molecular weight is 173 g/mol. The summed E-state index contributed by atoms with van der Waals surface area (Å²) in [6.07, 6.45) is 1.01. The largest absolute Gasteiger partial charge is 0.466 e. The minimum atomic E-state index is -0.206. The molecule has 1 amide bonds. The summed E-state index contributed by atoms with van der Waals surface area (Å²) in [5.41, 5.74) is 0.